The maximum atomic E-state index is 12.4. The van der Waals surface area contributed by atoms with E-state index >= 15 is 0 Å². The Balaban J connectivity index is 1.42. The number of carbonyl (C=O) groups is 1. The van der Waals surface area contributed by atoms with E-state index in [4.69, 9.17) is 4.74 Å². The molecule has 0 spiro atoms. The van der Waals surface area contributed by atoms with E-state index in [-0.39, 0.29) is 19.2 Å². The van der Waals surface area contributed by atoms with Crippen molar-refractivity contribution >= 4 is 48.9 Å². The number of hydrogen-bond acceptors (Lipinski definition) is 4. The number of fused-ring (bicyclic) bond motifs is 3. The SMILES string of the molecule is CC(C)(OC(=O)C(I)C12NI1N2)C1CC2CCC1C2. The molecule has 6 heteroatoms. The van der Waals surface area contributed by atoms with Crippen LogP contribution in [0.1, 0.15) is 39.5 Å². The zero-order chi connectivity index (χ0) is 13.4. The first-order chi connectivity index (χ1) is 8.92. The normalized spacial score (nSPS) is 40.8. The van der Waals surface area contributed by atoms with Crippen LogP contribution >= 0.6 is 43.0 Å². The first-order valence-corrected chi connectivity index (χ1v) is 11.5. The molecule has 4 aliphatic rings. The molecule has 19 heavy (non-hydrogen) atoms. The monoisotopic (exact) mass is 490 g/mol. The summed E-state index contributed by atoms with van der Waals surface area (Å²) < 4.78 is 12.7. The van der Waals surface area contributed by atoms with Gasteiger partial charge < -0.3 is 0 Å². The zero-order valence-electron chi connectivity index (χ0n) is 11.2. The fourth-order valence-electron chi connectivity index (χ4n) is 4.08. The summed E-state index contributed by atoms with van der Waals surface area (Å²) in [5.74, 6) is 2.24. The molecule has 0 aromatic rings. The number of carbonyl (C=O) groups excluding carboxylic acids is 1. The van der Waals surface area contributed by atoms with Crippen LogP contribution in [-0.4, -0.2) is 19.2 Å². The Morgan fingerprint density at radius 3 is 2.58 bits per heavy atom. The van der Waals surface area contributed by atoms with Gasteiger partial charge in [0.05, 0.1) is 0 Å². The van der Waals surface area contributed by atoms with Crippen molar-refractivity contribution in [3.05, 3.63) is 0 Å². The quantitative estimate of drug-likeness (QED) is 0.159. The first kappa shape index (κ1) is 13.5. The van der Waals surface area contributed by atoms with Crippen LogP contribution < -0.4 is 7.06 Å². The van der Waals surface area contributed by atoms with E-state index in [0.29, 0.717) is 5.92 Å². The average molecular weight is 490 g/mol. The summed E-state index contributed by atoms with van der Waals surface area (Å²) in [7, 11) is 0. The van der Waals surface area contributed by atoms with Gasteiger partial charge in [0.1, 0.15) is 0 Å². The van der Waals surface area contributed by atoms with E-state index in [0.717, 1.165) is 11.8 Å². The summed E-state index contributed by atoms with van der Waals surface area (Å²) in [6.07, 6.45) is 5.36. The molecule has 0 amide bonds. The maximum absolute atomic E-state index is 12.4. The molecule has 2 bridgehead atoms. The van der Waals surface area contributed by atoms with E-state index in [1.807, 2.05) is 0 Å². The number of nitrogens with one attached hydrogen (secondary N) is 2. The van der Waals surface area contributed by atoms with Crippen molar-refractivity contribution in [2.75, 3.05) is 0 Å². The molecule has 4 nitrogen and oxygen atoms in total. The predicted molar refractivity (Wildman–Crippen MR) is 89.9 cm³/mol. The molecule has 2 saturated carbocycles. The number of halogens is 2. The number of rotatable bonds is 4. The van der Waals surface area contributed by atoms with Crippen LogP contribution in [0.15, 0.2) is 0 Å². The van der Waals surface area contributed by atoms with E-state index < -0.39 is 20.4 Å². The second-order valence-electron chi connectivity index (χ2n) is 6.85. The van der Waals surface area contributed by atoms with Gasteiger partial charge in [-0.25, -0.2) is 0 Å². The molecule has 2 N–H and O–H groups in total. The Bertz CT molecular complexity index is 436. The number of alkyl halides is 2. The van der Waals surface area contributed by atoms with Gasteiger partial charge in [-0.3, -0.25) is 0 Å². The van der Waals surface area contributed by atoms with Crippen LogP contribution in [0.25, 0.3) is 0 Å². The summed E-state index contributed by atoms with van der Waals surface area (Å²) in [6, 6.07) is 0. The summed E-state index contributed by atoms with van der Waals surface area (Å²) in [5.41, 5.74) is -0.292. The molecule has 2 heterocycles. The third-order valence-electron chi connectivity index (χ3n) is 5.24. The molecule has 0 radical (unpaired) electrons. The van der Waals surface area contributed by atoms with Crippen molar-refractivity contribution in [3.63, 3.8) is 0 Å². The summed E-state index contributed by atoms with van der Waals surface area (Å²) in [4.78, 5) is 12.4. The van der Waals surface area contributed by atoms with Crippen LogP contribution in [0, 0.1) is 17.8 Å². The Kier molecular flexibility index (Phi) is 2.98. The van der Waals surface area contributed by atoms with Crippen molar-refractivity contribution in [1.29, 1.82) is 0 Å². The van der Waals surface area contributed by atoms with Crippen LogP contribution in [0.4, 0.5) is 0 Å². The van der Waals surface area contributed by atoms with Gasteiger partial charge in [-0.05, 0) is 0 Å². The van der Waals surface area contributed by atoms with Gasteiger partial charge in [-0.1, -0.05) is 0 Å². The summed E-state index contributed by atoms with van der Waals surface area (Å²) >= 11 is 1.20. The van der Waals surface area contributed by atoms with Crippen LogP contribution in [0.2, 0.25) is 0 Å². The van der Waals surface area contributed by atoms with Crippen LogP contribution in [-0.2, 0) is 9.53 Å². The minimum absolute atomic E-state index is 0.0225. The van der Waals surface area contributed by atoms with Gasteiger partial charge in [-0.15, -0.1) is 0 Å². The number of esters is 1. The number of hydrogen-bond donors (Lipinski definition) is 2. The van der Waals surface area contributed by atoms with Gasteiger partial charge in [0, 0.05) is 0 Å². The zero-order valence-corrected chi connectivity index (χ0v) is 15.5. The Labute approximate surface area is 135 Å². The molecule has 4 rings (SSSR count). The van der Waals surface area contributed by atoms with Crippen molar-refractivity contribution in [2.24, 2.45) is 17.8 Å². The third-order valence-corrected chi connectivity index (χ3v) is 12.4. The molecule has 4 unspecified atom stereocenters. The molecule has 4 atom stereocenters. The average Bonchev–Trinajstić information content (AvgIpc) is 3.07. The van der Waals surface area contributed by atoms with Gasteiger partial charge in [0.25, 0.3) is 0 Å². The first-order valence-electron chi connectivity index (χ1n) is 7.05. The predicted octanol–water partition coefficient (Wildman–Crippen LogP) is 2.74. The minimum atomic E-state index is -1.05. The van der Waals surface area contributed by atoms with Gasteiger partial charge in [-0.2, -0.15) is 0 Å². The molecule has 2 aliphatic heterocycles. The van der Waals surface area contributed by atoms with Crippen LogP contribution in [0.5, 0.6) is 0 Å². The summed E-state index contributed by atoms with van der Waals surface area (Å²) in [5, 5.41) is 0. The molecule has 108 valence electrons. The van der Waals surface area contributed by atoms with Crippen molar-refractivity contribution in [3.8, 4) is 0 Å². The molecular weight excluding hydrogens is 470 g/mol. The Hall–Kier alpha value is 0.850. The molecule has 4 fully saturated rings. The van der Waals surface area contributed by atoms with E-state index in [1.165, 1.54) is 25.7 Å². The molecule has 0 aromatic heterocycles. The molecular formula is C13H20I2N2O2. The van der Waals surface area contributed by atoms with Gasteiger partial charge in [0.2, 0.25) is 0 Å². The van der Waals surface area contributed by atoms with Crippen molar-refractivity contribution in [1.82, 2.24) is 7.06 Å². The summed E-state index contributed by atoms with van der Waals surface area (Å²) in [6.45, 7) is 4.24. The fraction of sp³-hybridized carbons (Fsp3) is 0.923. The van der Waals surface area contributed by atoms with E-state index in [9.17, 15) is 4.79 Å². The molecule has 0 aromatic carbocycles. The second-order valence-corrected chi connectivity index (χ2v) is 12.5. The number of ether oxygens (including phenoxy) is 1. The Morgan fingerprint density at radius 1 is 1.42 bits per heavy atom. The van der Waals surface area contributed by atoms with Crippen molar-refractivity contribution < 1.29 is 9.53 Å². The van der Waals surface area contributed by atoms with Gasteiger partial charge >= 0.3 is 136 Å². The van der Waals surface area contributed by atoms with E-state index in [2.05, 4.69) is 43.5 Å². The fourth-order valence-corrected chi connectivity index (χ4v) is 11.4. The molecule has 2 saturated heterocycles. The second kappa shape index (κ2) is 4.19. The topological polar surface area (TPSA) is 70.2 Å². The standard InChI is InChI=1S/C13H20I2N2O2/c1-12(2,9-6-7-3-4-8(9)5-7)19-11(18)10(14)13-15(16-13)17-13/h7-10,16-17H,3-6H2,1-2H3. The third kappa shape index (κ3) is 2.07. The van der Waals surface area contributed by atoms with Crippen molar-refractivity contribution in [2.45, 2.75) is 52.7 Å². The van der Waals surface area contributed by atoms with Gasteiger partial charge in [0.15, 0.2) is 0 Å². The van der Waals surface area contributed by atoms with Crippen LogP contribution in [0.3, 0.4) is 0 Å². The molecule has 2 aliphatic carbocycles. The Morgan fingerprint density at radius 2 is 2.11 bits per heavy atom. The van der Waals surface area contributed by atoms with E-state index in [1.54, 1.807) is 0 Å².